The van der Waals surface area contributed by atoms with Crippen LogP contribution in [0.5, 0.6) is 5.75 Å². The smallest absolute Gasteiger partial charge is 0.308 e. The molecule has 0 saturated carbocycles. The summed E-state index contributed by atoms with van der Waals surface area (Å²) in [7, 11) is 0. The number of rotatable bonds is 7. The molecule has 0 bridgehead atoms. The first-order valence-electron chi connectivity index (χ1n) is 10.6. The van der Waals surface area contributed by atoms with Crippen molar-refractivity contribution in [3.8, 4) is 5.75 Å². The number of aliphatic hydroxyl groups excluding tert-OH is 1. The van der Waals surface area contributed by atoms with Gasteiger partial charge in [0.05, 0.1) is 12.5 Å². The van der Waals surface area contributed by atoms with Gasteiger partial charge in [-0.3, -0.25) is 4.79 Å². The van der Waals surface area contributed by atoms with Crippen molar-refractivity contribution in [2.75, 3.05) is 6.61 Å². The third-order valence-corrected chi connectivity index (χ3v) is 6.42. The number of ether oxygens (including phenoxy) is 2. The molecular weight excluding hydrogens is 483 g/mol. The van der Waals surface area contributed by atoms with Gasteiger partial charge in [0.2, 0.25) is 0 Å². The van der Waals surface area contributed by atoms with Crippen molar-refractivity contribution in [1.82, 2.24) is 0 Å². The quantitative estimate of drug-likeness (QED) is 0.231. The molecule has 0 aromatic heterocycles. The van der Waals surface area contributed by atoms with Crippen LogP contribution in [0.1, 0.15) is 41.0 Å². The van der Waals surface area contributed by atoms with Crippen LogP contribution in [0, 0.1) is 0 Å². The Morgan fingerprint density at radius 2 is 1.58 bits per heavy atom. The molecule has 2 atom stereocenters. The van der Waals surface area contributed by atoms with E-state index >= 15 is 0 Å². The molecule has 1 aliphatic heterocycles. The minimum Gasteiger partial charge on any atom is -0.489 e. The Kier molecular flexibility index (Phi) is 7.82. The summed E-state index contributed by atoms with van der Waals surface area (Å²) in [5.74, 6) is 0.417. The van der Waals surface area contributed by atoms with Gasteiger partial charge in [-0.05, 0) is 53.1 Å². The molecule has 3 aromatic rings. The molecule has 33 heavy (non-hydrogen) atoms. The number of alkyl halides is 1. The van der Waals surface area contributed by atoms with E-state index in [0.717, 1.165) is 22.3 Å². The monoisotopic (exact) mass is 504 g/mol. The Balaban J connectivity index is 1.72. The highest BCUT2D eigenvalue weighted by Crippen LogP contribution is 2.39. The largest absolute Gasteiger partial charge is 0.489 e. The van der Waals surface area contributed by atoms with Gasteiger partial charge in [-0.15, -0.1) is 11.6 Å². The van der Waals surface area contributed by atoms with Crippen LogP contribution < -0.4 is 4.74 Å². The zero-order chi connectivity index (χ0) is 23.4. The number of esters is 1. The average Bonchev–Trinajstić information content (AvgIpc) is 2.80. The predicted molar refractivity (Wildman–Crippen MR) is 130 cm³/mol. The van der Waals surface area contributed by atoms with Gasteiger partial charge in [0.25, 0.3) is 0 Å². The highest BCUT2D eigenvalue weighted by molar-refractivity contribution is 6.30. The lowest BCUT2D eigenvalue weighted by molar-refractivity contribution is -0.162. The molecule has 172 valence electrons. The second-order valence-corrected chi connectivity index (χ2v) is 9.20. The molecule has 1 N–H and O–H groups in total. The van der Waals surface area contributed by atoms with Crippen molar-refractivity contribution < 1.29 is 19.4 Å². The summed E-state index contributed by atoms with van der Waals surface area (Å²) < 4.78 is 11.5. The van der Waals surface area contributed by atoms with E-state index in [9.17, 15) is 9.90 Å². The lowest BCUT2D eigenvalue weighted by Crippen LogP contribution is -2.36. The van der Waals surface area contributed by atoms with Gasteiger partial charge in [0.1, 0.15) is 18.5 Å². The molecule has 4 nitrogen and oxygen atoms in total. The Hall–Kier alpha value is -2.24. The molecule has 0 aliphatic carbocycles. The lowest BCUT2D eigenvalue weighted by Gasteiger charge is -2.27. The average molecular weight is 506 g/mol. The minimum atomic E-state index is -0.714. The van der Waals surface area contributed by atoms with E-state index in [0.29, 0.717) is 28.1 Å². The van der Waals surface area contributed by atoms with Crippen LogP contribution in [0.3, 0.4) is 0 Å². The maximum atomic E-state index is 11.7. The normalized spacial score (nSPS) is 18.3. The Bertz CT molecular complexity index is 1050. The summed E-state index contributed by atoms with van der Waals surface area (Å²) in [5.41, 5.74) is 3.92. The number of carbonyl (C=O) groups excluding carboxylic acids is 1. The first kappa shape index (κ1) is 23.9. The van der Waals surface area contributed by atoms with Gasteiger partial charge in [0.15, 0.2) is 0 Å². The maximum Gasteiger partial charge on any atom is 0.308 e. The SMILES string of the molecule is O=C1C[C@H](O)C[C@@H](COc2ccc(CCl)cc2C(c2ccc(Cl)cc2)c2ccc(Cl)cc2)O1. The summed E-state index contributed by atoms with van der Waals surface area (Å²) in [4.78, 5) is 11.7. The highest BCUT2D eigenvalue weighted by atomic mass is 35.5. The number of carbonyl (C=O) groups is 1. The van der Waals surface area contributed by atoms with Crippen LogP contribution >= 0.6 is 34.8 Å². The molecule has 0 unspecified atom stereocenters. The molecular formula is C26H23Cl3O4. The van der Waals surface area contributed by atoms with E-state index in [4.69, 9.17) is 44.3 Å². The van der Waals surface area contributed by atoms with Crippen LogP contribution in [-0.2, 0) is 15.4 Å². The number of benzene rings is 3. The fourth-order valence-corrected chi connectivity index (χ4v) is 4.46. The fourth-order valence-electron chi connectivity index (χ4n) is 4.05. The summed E-state index contributed by atoms with van der Waals surface area (Å²) in [6.07, 6.45) is -0.861. The number of aliphatic hydroxyl groups is 1. The molecule has 7 heteroatoms. The van der Waals surface area contributed by atoms with Crippen molar-refractivity contribution in [2.45, 2.75) is 36.8 Å². The third-order valence-electron chi connectivity index (χ3n) is 5.61. The van der Waals surface area contributed by atoms with E-state index in [-0.39, 0.29) is 18.9 Å². The van der Waals surface area contributed by atoms with Gasteiger partial charge in [-0.25, -0.2) is 0 Å². The third kappa shape index (κ3) is 6.01. The van der Waals surface area contributed by atoms with E-state index < -0.39 is 18.2 Å². The number of halogens is 3. The van der Waals surface area contributed by atoms with E-state index in [1.165, 1.54) is 0 Å². The van der Waals surface area contributed by atoms with Crippen LogP contribution in [0.4, 0.5) is 0 Å². The molecule has 0 radical (unpaired) electrons. The standard InChI is InChI=1S/C26H23Cl3O4/c27-14-16-1-10-24(32-15-22-12-21(30)13-25(31)33-22)23(11-16)26(17-2-6-19(28)7-3-17)18-4-8-20(29)9-5-18/h1-11,21-22,26,30H,12-15H2/t21-,22+/m1/s1. The van der Waals surface area contributed by atoms with Crippen molar-refractivity contribution in [1.29, 1.82) is 0 Å². The molecule has 0 amide bonds. The van der Waals surface area contributed by atoms with Crippen LogP contribution in [0.15, 0.2) is 66.7 Å². The number of cyclic esters (lactones) is 1. The van der Waals surface area contributed by atoms with Gasteiger partial charge in [-0.1, -0.05) is 53.5 Å². The van der Waals surface area contributed by atoms with Crippen molar-refractivity contribution in [3.05, 3.63) is 99.0 Å². The number of hydrogen-bond donors (Lipinski definition) is 1. The maximum absolute atomic E-state index is 11.7. The first-order chi connectivity index (χ1) is 15.9. The van der Waals surface area contributed by atoms with Crippen LogP contribution in [0.25, 0.3) is 0 Å². The van der Waals surface area contributed by atoms with E-state index in [2.05, 4.69) is 0 Å². The van der Waals surface area contributed by atoms with Gasteiger partial charge in [0, 0.05) is 33.8 Å². The van der Waals surface area contributed by atoms with Gasteiger partial charge < -0.3 is 14.6 Å². The molecule has 1 fully saturated rings. The molecule has 0 spiro atoms. The molecule has 3 aromatic carbocycles. The highest BCUT2D eigenvalue weighted by Gasteiger charge is 2.28. The van der Waals surface area contributed by atoms with Gasteiger partial charge >= 0.3 is 5.97 Å². The molecule has 1 saturated heterocycles. The summed E-state index contributed by atoms with van der Waals surface area (Å²) in [6.45, 7) is 0.143. The number of hydrogen-bond acceptors (Lipinski definition) is 4. The second-order valence-electron chi connectivity index (χ2n) is 8.06. The summed E-state index contributed by atoms with van der Waals surface area (Å²) in [6, 6.07) is 21.2. The molecule has 1 aliphatic rings. The minimum absolute atomic E-state index is 0.0153. The zero-order valence-corrected chi connectivity index (χ0v) is 20.0. The van der Waals surface area contributed by atoms with E-state index in [1.54, 1.807) is 0 Å². The fraction of sp³-hybridized carbons (Fsp3) is 0.269. The summed E-state index contributed by atoms with van der Waals surface area (Å²) >= 11 is 18.5. The topological polar surface area (TPSA) is 55.8 Å². The van der Waals surface area contributed by atoms with Crippen molar-refractivity contribution in [2.24, 2.45) is 0 Å². The zero-order valence-electron chi connectivity index (χ0n) is 17.7. The predicted octanol–water partition coefficient (Wildman–Crippen LogP) is 6.36. The van der Waals surface area contributed by atoms with Crippen LogP contribution in [-0.4, -0.2) is 29.9 Å². The molecule has 1 heterocycles. The molecule has 4 rings (SSSR count). The summed E-state index contributed by atoms with van der Waals surface area (Å²) in [5, 5.41) is 11.2. The lowest BCUT2D eigenvalue weighted by atomic mass is 9.84. The van der Waals surface area contributed by atoms with Crippen molar-refractivity contribution in [3.63, 3.8) is 0 Å². The van der Waals surface area contributed by atoms with E-state index in [1.807, 2.05) is 66.7 Å². The Morgan fingerprint density at radius 1 is 0.970 bits per heavy atom. The Morgan fingerprint density at radius 3 is 2.12 bits per heavy atom. The van der Waals surface area contributed by atoms with Crippen molar-refractivity contribution >= 4 is 40.8 Å². The second kappa shape index (κ2) is 10.8. The first-order valence-corrected chi connectivity index (χ1v) is 11.9. The van der Waals surface area contributed by atoms with Gasteiger partial charge in [-0.2, -0.15) is 0 Å². The van der Waals surface area contributed by atoms with Crippen LogP contribution in [0.2, 0.25) is 10.0 Å². The Labute approximate surface area is 208 Å².